The number of nitrogens with one attached hydrogen (secondary N) is 1. The molecule has 1 atom stereocenters. The summed E-state index contributed by atoms with van der Waals surface area (Å²) in [6.45, 7) is 1.53. The van der Waals surface area contributed by atoms with Gasteiger partial charge in [0.1, 0.15) is 0 Å². The summed E-state index contributed by atoms with van der Waals surface area (Å²) in [6.07, 6.45) is 2.90. The Morgan fingerprint density at radius 3 is 2.60 bits per heavy atom. The number of hydrogen-bond acceptors (Lipinski definition) is 4. The third-order valence-electron chi connectivity index (χ3n) is 5.05. The number of hydrogen-bond donors (Lipinski definition) is 2. The lowest BCUT2D eigenvalue weighted by molar-refractivity contribution is -0.119. The first-order chi connectivity index (χ1) is 12.1. The molecule has 2 N–H and O–H groups in total. The van der Waals surface area contributed by atoms with Gasteiger partial charge in [-0.1, -0.05) is 12.1 Å². The number of amides is 2. The quantitative estimate of drug-likeness (QED) is 0.820. The van der Waals surface area contributed by atoms with Gasteiger partial charge in [0.25, 0.3) is 5.91 Å². The molecular formula is C19H26N2O4. The van der Waals surface area contributed by atoms with E-state index in [0.29, 0.717) is 24.5 Å². The summed E-state index contributed by atoms with van der Waals surface area (Å²) in [7, 11) is 1.71. The summed E-state index contributed by atoms with van der Waals surface area (Å²) in [5.74, 6) is 0.0412. The van der Waals surface area contributed by atoms with Crippen molar-refractivity contribution < 1.29 is 19.4 Å². The molecule has 0 bridgehead atoms. The van der Waals surface area contributed by atoms with Crippen LogP contribution in [0.3, 0.4) is 0 Å². The number of rotatable bonds is 6. The zero-order valence-corrected chi connectivity index (χ0v) is 14.6. The minimum atomic E-state index is -0.578. The first-order valence-electron chi connectivity index (χ1n) is 8.98. The number of aliphatic hydroxyl groups excluding tert-OH is 1. The van der Waals surface area contributed by atoms with Crippen molar-refractivity contribution in [1.82, 2.24) is 5.32 Å². The molecule has 6 heteroatoms. The maximum atomic E-state index is 12.6. The van der Waals surface area contributed by atoms with Crippen LogP contribution in [0.2, 0.25) is 0 Å². The molecule has 1 aromatic carbocycles. The van der Waals surface area contributed by atoms with Gasteiger partial charge in [-0.15, -0.1) is 0 Å². The predicted octanol–water partition coefficient (Wildman–Crippen LogP) is 1.58. The summed E-state index contributed by atoms with van der Waals surface area (Å²) in [5.41, 5.74) is 1.07. The zero-order chi connectivity index (χ0) is 17.8. The molecule has 2 aliphatic rings. The standard InChI is InChI=1S/C19H26N2O4/c1-21(19(24)14-6-7-14)16-5-3-2-4-15(16)18(23)20-12-17(22)13-8-10-25-11-9-13/h2-5,13-14,17,22H,6-12H2,1H3,(H,20,23)/t17-/m1/s1. The Hall–Kier alpha value is -1.92. The lowest BCUT2D eigenvalue weighted by Crippen LogP contribution is -2.39. The van der Waals surface area contributed by atoms with E-state index in [9.17, 15) is 14.7 Å². The highest BCUT2D eigenvalue weighted by atomic mass is 16.5. The number of aliphatic hydroxyl groups is 1. The van der Waals surface area contributed by atoms with Crippen LogP contribution in [0, 0.1) is 11.8 Å². The average molecular weight is 346 g/mol. The van der Waals surface area contributed by atoms with Gasteiger partial charge in [-0.2, -0.15) is 0 Å². The second kappa shape index (κ2) is 7.97. The van der Waals surface area contributed by atoms with E-state index in [-0.39, 0.29) is 30.2 Å². The van der Waals surface area contributed by atoms with Crippen molar-refractivity contribution >= 4 is 17.5 Å². The minimum Gasteiger partial charge on any atom is -0.391 e. The van der Waals surface area contributed by atoms with E-state index in [4.69, 9.17) is 4.74 Å². The Kier molecular flexibility index (Phi) is 5.71. The van der Waals surface area contributed by atoms with E-state index in [1.165, 1.54) is 0 Å². The van der Waals surface area contributed by atoms with E-state index in [1.54, 1.807) is 30.1 Å². The van der Waals surface area contributed by atoms with E-state index in [2.05, 4.69) is 5.32 Å². The highest BCUT2D eigenvalue weighted by Crippen LogP contribution is 2.33. The molecular weight excluding hydrogens is 320 g/mol. The number of nitrogens with zero attached hydrogens (tertiary/aromatic N) is 1. The second-order valence-electron chi connectivity index (χ2n) is 6.92. The van der Waals surface area contributed by atoms with Crippen LogP contribution in [0.25, 0.3) is 0 Å². The van der Waals surface area contributed by atoms with Crippen molar-refractivity contribution in [2.45, 2.75) is 31.8 Å². The third-order valence-corrected chi connectivity index (χ3v) is 5.05. The molecule has 1 aliphatic carbocycles. The highest BCUT2D eigenvalue weighted by molar-refractivity contribution is 6.05. The number of anilines is 1. The molecule has 6 nitrogen and oxygen atoms in total. The average Bonchev–Trinajstić information content (AvgIpc) is 3.50. The molecule has 2 fully saturated rings. The van der Waals surface area contributed by atoms with Crippen molar-refractivity contribution in [2.24, 2.45) is 11.8 Å². The smallest absolute Gasteiger partial charge is 0.253 e. The monoisotopic (exact) mass is 346 g/mol. The van der Waals surface area contributed by atoms with Crippen LogP contribution < -0.4 is 10.2 Å². The topological polar surface area (TPSA) is 78.9 Å². The van der Waals surface area contributed by atoms with Gasteiger partial charge in [0.2, 0.25) is 5.91 Å². The second-order valence-corrected chi connectivity index (χ2v) is 6.92. The van der Waals surface area contributed by atoms with Crippen LogP contribution in [-0.4, -0.2) is 49.8 Å². The molecule has 0 unspecified atom stereocenters. The predicted molar refractivity (Wildman–Crippen MR) is 94.5 cm³/mol. The normalized spacial score (nSPS) is 19.3. The molecule has 1 heterocycles. The largest absolute Gasteiger partial charge is 0.391 e. The van der Waals surface area contributed by atoms with Gasteiger partial charge in [0.05, 0.1) is 17.4 Å². The van der Waals surface area contributed by atoms with Gasteiger partial charge >= 0.3 is 0 Å². The fourth-order valence-electron chi connectivity index (χ4n) is 3.24. The van der Waals surface area contributed by atoms with Crippen LogP contribution in [0.1, 0.15) is 36.0 Å². The fourth-order valence-corrected chi connectivity index (χ4v) is 3.24. The molecule has 136 valence electrons. The first kappa shape index (κ1) is 17.9. The number of ether oxygens (including phenoxy) is 1. The molecule has 0 aromatic heterocycles. The van der Waals surface area contributed by atoms with Gasteiger partial charge < -0.3 is 20.1 Å². The van der Waals surface area contributed by atoms with Gasteiger partial charge in [-0.25, -0.2) is 0 Å². The van der Waals surface area contributed by atoms with Crippen LogP contribution in [-0.2, 0) is 9.53 Å². The molecule has 2 amide bonds. The summed E-state index contributed by atoms with van der Waals surface area (Å²) in [6, 6.07) is 7.09. The van der Waals surface area contributed by atoms with Crippen molar-refractivity contribution in [3.05, 3.63) is 29.8 Å². The lowest BCUT2D eigenvalue weighted by Gasteiger charge is -2.27. The third kappa shape index (κ3) is 4.38. The van der Waals surface area contributed by atoms with Gasteiger partial charge in [-0.05, 0) is 43.7 Å². The summed E-state index contributed by atoms with van der Waals surface area (Å²) >= 11 is 0. The van der Waals surface area contributed by atoms with Crippen LogP contribution in [0.5, 0.6) is 0 Å². The van der Waals surface area contributed by atoms with Crippen LogP contribution in [0.4, 0.5) is 5.69 Å². The van der Waals surface area contributed by atoms with Crippen molar-refractivity contribution in [2.75, 3.05) is 31.7 Å². The van der Waals surface area contributed by atoms with Crippen LogP contribution >= 0.6 is 0 Å². The Bertz CT molecular complexity index is 624. The van der Waals surface area contributed by atoms with Crippen molar-refractivity contribution in [3.8, 4) is 0 Å². The molecule has 1 aromatic rings. The molecule has 1 saturated carbocycles. The van der Waals surface area contributed by atoms with Crippen molar-refractivity contribution in [3.63, 3.8) is 0 Å². The van der Waals surface area contributed by atoms with Crippen molar-refractivity contribution in [1.29, 1.82) is 0 Å². The number of carbonyl (C=O) groups is 2. The minimum absolute atomic E-state index is 0.0579. The number of para-hydroxylation sites is 1. The Balaban J connectivity index is 1.62. The van der Waals surface area contributed by atoms with E-state index >= 15 is 0 Å². The number of benzene rings is 1. The Morgan fingerprint density at radius 1 is 1.24 bits per heavy atom. The Labute approximate surface area is 148 Å². The van der Waals surface area contributed by atoms with E-state index in [1.807, 2.05) is 6.07 Å². The summed E-state index contributed by atoms with van der Waals surface area (Å²) in [4.78, 5) is 26.4. The number of carbonyl (C=O) groups excluding carboxylic acids is 2. The maximum Gasteiger partial charge on any atom is 0.253 e. The molecule has 1 saturated heterocycles. The maximum absolute atomic E-state index is 12.6. The fraction of sp³-hybridized carbons (Fsp3) is 0.579. The van der Waals surface area contributed by atoms with Gasteiger partial charge in [-0.3, -0.25) is 9.59 Å². The molecule has 0 radical (unpaired) electrons. The molecule has 3 rings (SSSR count). The van der Waals surface area contributed by atoms with E-state index < -0.39 is 6.10 Å². The summed E-state index contributed by atoms with van der Waals surface area (Å²) in [5, 5.41) is 13.1. The molecule has 0 spiro atoms. The SMILES string of the molecule is CN(C(=O)C1CC1)c1ccccc1C(=O)NC[C@@H](O)C1CCOCC1. The van der Waals surface area contributed by atoms with E-state index in [0.717, 1.165) is 25.7 Å². The van der Waals surface area contributed by atoms with Crippen LogP contribution in [0.15, 0.2) is 24.3 Å². The van der Waals surface area contributed by atoms with Gasteiger partial charge in [0, 0.05) is 32.7 Å². The summed E-state index contributed by atoms with van der Waals surface area (Å²) < 4.78 is 5.30. The molecule has 25 heavy (non-hydrogen) atoms. The molecule has 1 aliphatic heterocycles. The van der Waals surface area contributed by atoms with Gasteiger partial charge in [0.15, 0.2) is 0 Å². The lowest BCUT2D eigenvalue weighted by atomic mass is 9.94. The first-order valence-corrected chi connectivity index (χ1v) is 8.98. The zero-order valence-electron chi connectivity index (χ0n) is 14.6. The highest BCUT2D eigenvalue weighted by Gasteiger charge is 2.33. The Morgan fingerprint density at radius 2 is 1.92 bits per heavy atom.